The van der Waals surface area contributed by atoms with E-state index in [1.807, 2.05) is 0 Å². The van der Waals surface area contributed by atoms with E-state index in [9.17, 15) is 23.1 Å². The molecule has 0 atom stereocenters. The summed E-state index contributed by atoms with van der Waals surface area (Å²) in [5.74, 6) is -3.07. The van der Waals surface area contributed by atoms with Crippen molar-refractivity contribution in [1.82, 2.24) is 0 Å². The molecule has 0 spiro atoms. The molecular formula is C22H29NO6S. The predicted octanol–water partition coefficient (Wildman–Crippen LogP) is 2.46. The number of hydrogen-bond donors (Lipinski definition) is 1. The largest absolute Gasteiger partial charge is 0.545 e. The highest BCUT2D eigenvalue weighted by molar-refractivity contribution is 7.91. The average molecular weight is 436 g/mol. The minimum Gasteiger partial charge on any atom is -0.545 e. The Hall–Kier alpha value is -2.71. The molecular weight excluding hydrogens is 406 g/mol. The highest BCUT2D eigenvalue weighted by atomic mass is 32.2. The topological polar surface area (TPSA) is 112 Å². The van der Waals surface area contributed by atoms with Gasteiger partial charge in [-0.1, -0.05) is 30.3 Å². The number of rotatable bonds is 8. The maximum absolute atomic E-state index is 12.5. The van der Waals surface area contributed by atoms with Gasteiger partial charge in [-0.2, -0.15) is 0 Å². The Kier molecular flexibility index (Phi) is 9.20. The van der Waals surface area contributed by atoms with Crippen molar-refractivity contribution in [3.05, 3.63) is 59.7 Å². The standard InChI is InChI=1S/C14H10O6S.C8H20N/c15-13(16)9-5-1-3-7-11(9)21(19,20)12-8-4-2-6-10(12)14(17)18;1-5-9(6-2,7-3)8-4/h1-8H,(H,15,16)(H,17,18);5-8H2,1-4H3/q;+1/p-1. The van der Waals surface area contributed by atoms with E-state index in [0.717, 1.165) is 24.3 Å². The normalized spacial score (nSPS) is 11.3. The van der Waals surface area contributed by atoms with Crippen LogP contribution < -0.4 is 5.11 Å². The maximum atomic E-state index is 12.5. The molecule has 7 nitrogen and oxygen atoms in total. The molecule has 0 saturated heterocycles. The average Bonchev–Trinajstić information content (AvgIpc) is 2.76. The lowest BCUT2D eigenvalue weighted by molar-refractivity contribution is -0.921. The Morgan fingerprint density at radius 1 is 0.800 bits per heavy atom. The lowest BCUT2D eigenvalue weighted by Gasteiger charge is -2.34. The van der Waals surface area contributed by atoms with Gasteiger partial charge in [-0.15, -0.1) is 0 Å². The molecule has 1 N–H and O–H groups in total. The van der Waals surface area contributed by atoms with E-state index in [-0.39, 0.29) is 0 Å². The molecule has 0 radical (unpaired) electrons. The van der Waals surface area contributed by atoms with Gasteiger partial charge in [-0.25, -0.2) is 13.2 Å². The molecule has 0 aliphatic rings. The van der Waals surface area contributed by atoms with E-state index in [1.54, 1.807) is 0 Å². The second-order valence-corrected chi connectivity index (χ2v) is 8.58. The number of carboxylic acid groups (broad SMARTS) is 2. The first-order valence-corrected chi connectivity index (χ1v) is 11.3. The molecule has 2 rings (SSSR count). The molecule has 0 aliphatic heterocycles. The molecule has 0 heterocycles. The number of hydrogen-bond acceptors (Lipinski definition) is 5. The number of carbonyl (C=O) groups excluding carboxylic acids is 1. The fraction of sp³-hybridized carbons (Fsp3) is 0.364. The summed E-state index contributed by atoms with van der Waals surface area (Å²) < 4.78 is 26.3. The highest BCUT2D eigenvalue weighted by Crippen LogP contribution is 2.26. The van der Waals surface area contributed by atoms with Crippen LogP contribution in [0.3, 0.4) is 0 Å². The van der Waals surface area contributed by atoms with Crippen LogP contribution in [0.25, 0.3) is 0 Å². The maximum Gasteiger partial charge on any atom is 0.337 e. The van der Waals surface area contributed by atoms with E-state index in [0.29, 0.717) is 0 Å². The number of aromatic carboxylic acids is 2. The number of carboxylic acids is 2. The fourth-order valence-electron chi connectivity index (χ4n) is 3.21. The molecule has 2 aromatic carbocycles. The quantitative estimate of drug-likeness (QED) is 0.638. The van der Waals surface area contributed by atoms with Gasteiger partial charge in [0.2, 0.25) is 9.84 Å². The van der Waals surface area contributed by atoms with Crippen LogP contribution in [0, 0.1) is 0 Å². The van der Waals surface area contributed by atoms with E-state index in [2.05, 4.69) is 27.7 Å². The van der Waals surface area contributed by atoms with Gasteiger partial charge in [-0.3, -0.25) is 0 Å². The Labute approximate surface area is 178 Å². The van der Waals surface area contributed by atoms with Gasteiger partial charge in [0.1, 0.15) is 0 Å². The van der Waals surface area contributed by atoms with Gasteiger partial charge in [0.05, 0.1) is 47.5 Å². The van der Waals surface area contributed by atoms with Gasteiger partial charge in [0.15, 0.2) is 0 Å². The van der Waals surface area contributed by atoms with Crippen molar-refractivity contribution in [1.29, 1.82) is 0 Å². The van der Waals surface area contributed by atoms with Crippen molar-refractivity contribution >= 4 is 21.8 Å². The molecule has 0 fully saturated rings. The zero-order chi connectivity index (χ0) is 22.9. The van der Waals surface area contributed by atoms with Gasteiger partial charge in [-0.05, 0) is 45.9 Å². The van der Waals surface area contributed by atoms with E-state index in [1.165, 1.54) is 54.9 Å². The number of nitrogens with zero attached hydrogens (tertiary/aromatic N) is 1. The molecule has 8 heteroatoms. The van der Waals surface area contributed by atoms with Crippen molar-refractivity contribution in [2.24, 2.45) is 0 Å². The summed E-state index contributed by atoms with van der Waals surface area (Å²) in [6.07, 6.45) is 0. The first kappa shape index (κ1) is 25.3. The summed E-state index contributed by atoms with van der Waals surface area (Å²) in [5, 5.41) is 20.1. The Balaban J connectivity index is 0.000000424. The summed E-state index contributed by atoms with van der Waals surface area (Å²) >= 11 is 0. The molecule has 2 aromatic rings. The Morgan fingerprint density at radius 3 is 1.50 bits per heavy atom. The summed E-state index contributed by atoms with van der Waals surface area (Å²) in [5.41, 5.74) is -0.941. The third-order valence-electron chi connectivity index (χ3n) is 5.49. The van der Waals surface area contributed by atoms with Crippen LogP contribution in [0.1, 0.15) is 48.4 Å². The summed E-state index contributed by atoms with van der Waals surface area (Å²) in [6, 6.07) is 9.89. The van der Waals surface area contributed by atoms with Crippen molar-refractivity contribution in [3.8, 4) is 0 Å². The molecule has 0 aromatic heterocycles. The highest BCUT2D eigenvalue weighted by Gasteiger charge is 2.26. The second-order valence-electron chi connectivity index (χ2n) is 6.69. The zero-order valence-electron chi connectivity index (χ0n) is 17.8. The third kappa shape index (κ3) is 5.67. The number of benzene rings is 2. The minimum atomic E-state index is -4.29. The van der Waals surface area contributed by atoms with Crippen LogP contribution in [0.5, 0.6) is 0 Å². The van der Waals surface area contributed by atoms with Crippen LogP contribution >= 0.6 is 0 Å². The molecule has 0 bridgehead atoms. The number of quaternary nitrogens is 1. The van der Waals surface area contributed by atoms with Gasteiger partial charge in [0, 0.05) is 5.56 Å². The SMILES string of the molecule is CC[N+](CC)(CC)CC.O=C([O-])c1ccccc1S(=O)(=O)c1ccccc1C(=O)O. The van der Waals surface area contributed by atoms with E-state index >= 15 is 0 Å². The fourth-order valence-corrected chi connectivity index (χ4v) is 4.85. The van der Waals surface area contributed by atoms with Crippen LogP contribution in [0.4, 0.5) is 0 Å². The van der Waals surface area contributed by atoms with Gasteiger partial charge in [0.25, 0.3) is 0 Å². The first-order valence-electron chi connectivity index (χ1n) is 9.83. The van der Waals surface area contributed by atoms with Gasteiger partial charge >= 0.3 is 5.97 Å². The second kappa shape index (κ2) is 10.9. The molecule has 164 valence electrons. The van der Waals surface area contributed by atoms with Crippen LogP contribution in [0.2, 0.25) is 0 Å². The Morgan fingerprint density at radius 2 is 1.17 bits per heavy atom. The monoisotopic (exact) mass is 435 g/mol. The smallest absolute Gasteiger partial charge is 0.337 e. The first-order chi connectivity index (χ1) is 14.1. The Bertz CT molecular complexity index is 900. The summed E-state index contributed by atoms with van der Waals surface area (Å²) in [6.45, 7) is 14.2. The lowest BCUT2D eigenvalue weighted by atomic mass is 10.2. The third-order valence-corrected chi connectivity index (χ3v) is 7.36. The predicted molar refractivity (Wildman–Crippen MR) is 112 cm³/mol. The van der Waals surface area contributed by atoms with Crippen LogP contribution in [-0.4, -0.2) is 56.1 Å². The number of sulfone groups is 1. The summed E-state index contributed by atoms with van der Waals surface area (Å²) in [7, 11) is -4.29. The molecule has 0 amide bonds. The summed E-state index contributed by atoms with van der Waals surface area (Å²) in [4.78, 5) is 21.2. The minimum absolute atomic E-state index is 0.425. The van der Waals surface area contributed by atoms with Crippen LogP contribution in [0.15, 0.2) is 58.3 Å². The van der Waals surface area contributed by atoms with Crippen LogP contribution in [-0.2, 0) is 9.84 Å². The molecule has 0 unspecified atom stereocenters. The van der Waals surface area contributed by atoms with E-state index in [4.69, 9.17) is 5.11 Å². The molecule has 30 heavy (non-hydrogen) atoms. The van der Waals surface area contributed by atoms with E-state index < -0.39 is 42.7 Å². The van der Waals surface area contributed by atoms with Crippen molar-refractivity contribution in [2.45, 2.75) is 37.5 Å². The van der Waals surface area contributed by atoms with Crippen molar-refractivity contribution < 1.29 is 32.7 Å². The molecule has 0 saturated carbocycles. The van der Waals surface area contributed by atoms with Gasteiger partial charge < -0.3 is 19.5 Å². The lowest BCUT2D eigenvalue weighted by Crippen LogP contribution is -2.47. The zero-order valence-corrected chi connectivity index (χ0v) is 18.6. The van der Waals surface area contributed by atoms with Crippen molar-refractivity contribution in [2.75, 3.05) is 26.2 Å². The number of carbonyl (C=O) groups is 2. The molecule has 0 aliphatic carbocycles. The van der Waals surface area contributed by atoms with Crippen molar-refractivity contribution in [3.63, 3.8) is 0 Å².